The van der Waals surface area contributed by atoms with Crippen LogP contribution in [0.4, 0.5) is 0 Å². The normalized spacial score (nSPS) is 11.8. The number of hydrogen-bond acceptors (Lipinski definition) is 6. The Labute approximate surface area is 201 Å². The summed E-state index contributed by atoms with van der Waals surface area (Å²) in [6, 6.07) is 19.0. The minimum absolute atomic E-state index is 0.201. The fraction of sp³-hybridized carbons (Fsp3) is 0.148. The highest BCUT2D eigenvalue weighted by atomic mass is 16.5. The molecule has 2 N–H and O–H groups in total. The molecule has 1 atom stereocenters. The van der Waals surface area contributed by atoms with Gasteiger partial charge in [-0.15, -0.1) is 0 Å². The number of methoxy groups -OCH3 is 2. The van der Waals surface area contributed by atoms with E-state index in [-0.39, 0.29) is 17.5 Å². The van der Waals surface area contributed by atoms with Crippen LogP contribution in [-0.4, -0.2) is 41.8 Å². The van der Waals surface area contributed by atoms with Gasteiger partial charge in [-0.2, -0.15) is 0 Å². The summed E-state index contributed by atoms with van der Waals surface area (Å²) in [6.07, 6.45) is 5.29. The maximum atomic E-state index is 13.0. The van der Waals surface area contributed by atoms with Crippen LogP contribution >= 0.6 is 0 Å². The standard InChI is InChI=1S/C27H24N4O4/c1-33-24-9-5-7-19(26(24)34-2)21(20-15-29-22-8-4-3-6-18(20)22)16-30-27(32)23-14-25(35-31-23)17-10-12-28-13-11-17/h3-15,21,29H,16H2,1-2H3,(H,30,32). The predicted molar refractivity (Wildman–Crippen MR) is 132 cm³/mol. The molecular weight excluding hydrogens is 444 g/mol. The van der Waals surface area contributed by atoms with Crippen molar-refractivity contribution in [3.63, 3.8) is 0 Å². The van der Waals surface area contributed by atoms with Gasteiger partial charge in [0.25, 0.3) is 5.91 Å². The lowest BCUT2D eigenvalue weighted by Gasteiger charge is -2.21. The van der Waals surface area contributed by atoms with E-state index < -0.39 is 0 Å². The van der Waals surface area contributed by atoms with Gasteiger partial charge in [-0.3, -0.25) is 9.78 Å². The quantitative estimate of drug-likeness (QED) is 0.339. The number of fused-ring (bicyclic) bond motifs is 1. The zero-order valence-electron chi connectivity index (χ0n) is 19.3. The van der Waals surface area contributed by atoms with E-state index in [4.69, 9.17) is 14.0 Å². The zero-order chi connectivity index (χ0) is 24.2. The third-order valence-corrected chi connectivity index (χ3v) is 5.98. The van der Waals surface area contributed by atoms with Gasteiger partial charge < -0.3 is 24.3 Å². The fourth-order valence-corrected chi connectivity index (χ4v) is 4.28. The Morgan fingerprint density at radius 2 is 1.86 bits per heavy atom. The van der Waals surface area contributed by atoms with Crippen molar-refractivity contribution in [1.82, 2.24) is 20.4 Å². The SMILES string of the molecule is COc1cccc(C(CNC(=O)c2cc(-c3ccncc3)on2)c2c[nH]c3ccccc23)c1OC. The molecule has 176 valence electrons. The molecule has 1 amide bonds. The lowest BCUT2D eigenvalue weighted by atomic mass is 9.89. The molecule has 0 fully saturated rings. The van der Waals surface area contributed by atoms with Crippen molar-refractivity contribution in [2.24, 2.45) is 0 Å². The number of amides is 1. The zero-order valence-corrected chi connectivity index (χ0v) is 19.3. The minimum Gasteiger partial charge on any atom is -0.493 e. The summed E-state index contributed by atoms with van der Waals surface area (Å²) in [7, 11) is 3.22. The van der Waals surface area contributed by atoms with Gasteiger partial charge in [-0.1, -0.05) is 35.5 Å². The van der Waals surface area contributed by atoms with Crippen LogP contribution in [0, 0.1) is 0 Å². The minimum atomic E-state index is -0.333. The van der Waals surface area contributed by atoms with E-state index in [1.807, 2.05) is 42.6 Å². The van der Waals surface area contributed by atoms with E-state index in [2.05, 4.69) is 26.5 Å². The van der Waals surface area contributed by atoms with Crippen molar-refractivity contribution in [2.75, 3.05) is 20.8 Å². The number of rotatable bonds is 8. The molecule has 5 rings (SSSR count). The van der Waals surface area contributed by atoms with E-state index in [1.54, 1.807) is 44.8 Å². The van der Waals surface area contributed by atoms with Crippen LogP contribution in [0.25, 0.3) is 22.2 Å². The van der Waals surface area contributed by atoms with Crippen molar-refractivity contribution >= 4 is 16.8 Å². The van der Waals surface area contributed by atoms with Gasteiger partial charge in [0.1, 0.15) is 0 Å². The number of pyridine rings is 1. The highest BCUT2D eigenvalue weighted by Gasteiger charge is 2.25. The van der Waals surface area contributed by atoms with Crippen LogP contribution in [0.3, 0.4) is 0 Å². The van der Waals surface area contributed by atoms with E-state index in [0.29, 0.717) is 23.8 Å². The molecule has 8 heteroatoms. The molecule has 0 radical (unpaired) electrons. The Morgan fingerprint density at radius 1 is 1.03 bits per heavy atom. The number of benzene rings is 2. The third-order valence-electron chi connectivity index (χ3n) is 5.98. The molecule has 0 aliphatic heterocycles. The first-order valence-electron chi connectivity index (χ1n) is 11.1. The molecule has 0 saturated heterocycles. The number of aromatic nitrogens is 3. The Hall–Kier alpha value is -4.59. The number of carbonyl (C=O) groups is 1. The second kappa shape index (κ2) is 9.72. The van der Waals surface area contributed by atoms with E-state index in [9.17, 15) is 4.79 Å². The van der Waals surface area contributed by atoms with Gasteiger partial charge in [-0.05, 0) is 29.8 Å². The molecule has 5 aromatic rings. The number of hydrogen-bond donors (Lipinski definition) is 2. The lowest BCUT2D eigenvalue weighted by Crippen LogP contribution is -2.29. The predicted octanol–water partition coefficient (Wildman–Crippen LogP) is 4.80. The second-order valence-corrected chi connectivity index (χ2v) is 7.95. The average Bonchev–Trinajstić information content (AvgIpc) is 3.57. The van der Waals surface area contributed by atoms with Gasteiger partial charge in [0.15, 0.2) is 23.0 Å². The van der Waals surface area contributed by atoms with Gasteiger partial charge >= 0.3 is 0 Å². The first kappa shape index (κ1) is 22.2. The summed E-state index contributed by atoms with van der Waals surface area (Å²) in [4.78, 5) is 20.4. The molecule has 3 aromatic heterocycles. The summed E-state index contributed by atoms with van der Waals surface area (Å²) in [5.41, 5.74) is 3.94. The average molecular weight is 469 g/mol. The van der Waals surface area contributed by atoms with Crippen LogP contribution < -0.4 is 14.8 Å². The maximum absolute atomic E-state index is 13.0. The summed E-state index contributed by atoms with van der Waals surface area (Å²) >= 11 is 0. The van der Waals surface area contributed by atoms with Crippen LogP contribution in [-0.2, 0) is 0 Å². The Balaban J connectivity index is 1.47. The molecule has 0 bridgehead atoms. The van der Waals surface area contributed by atoms with Crippen molar-refractivity contribution in [2.45, 2.75) is 5.92 Å². The Kier molecular flexibility index (Phi) is 6.17. The smallest absolute Gasteiger partial charge is 0.273 e. The summed E-state index contributed by atoms with van der Waals surface area (Å²) in [6.45, 7) is 0.307. The highest BCUT2D eigenvalue weighted by Crippen LogP contribution is 2.40. The molecule has 0 aliphatic rings. The molecule has 3 heterocycles. The molecule has 0 saturated carbocycles. The molecule has 2 aromatic carbocycles. The van der Waals surface area contributed by atoms with E-state index in [0.717, 1.165) is 27.6 Å². The monoisotopic (exact) mass is 468 g/mol. The third kappa shape index (κ3) is 4.33. The van der Waals surface area contributed by atoms with Gasteiger partial charge in [-0.25, -0.2) is 0 Å². The largest absolute Gasteiger partial charge is 0.493 e. The first-order chi connectivity index (χ1) is 17.2. The Morgan fingerprint density at radius 3 is 2.66 bits per heavy atom. The second-order valence-electron chi connectivity index (χ2n) is 7.95. The number of carbonyl (C=O) groups excluding carboxylic acids is 1. The Bertz CT molecular complexity index is 1460. The number of nitrogens with one attached hydrogen (secondary N) is 2. The van der Waals surface area contributed by atoms with Gasteiger partial charge in [0, 0.05) is 59.1 Å². The van der Waals surface area contributed by atoms with Gasteiger partial charge in [0.05, 0.1) is 14.2 Å². The topological polar surface area (TPSA) is 102 Å². The number of ether oxygens (including phenoxy) is 2. The van der Waals surface area contributed by atoms with Crippen molar-refractivity contribution in [1.29, 1.82) is 0 Å². The molecule has 0 aliphatic carbocycles. The number of nitrogens with zero attached hydrogens (tertiary/aromatic N) is 2. The fourth-order valence-electron chi connectivity index (χ4n) is 4.28. The molecule has 0 spiro atoms. The lowest BCUT2D eigenvalue weighted by molar-refractivity contribution is 0.0943. The van der Waals surface area contributed by atoms with Crippen molar-refractivity contribution in [3.05, 3.63) is 96.1 Å². The summed E-state index contributed by atoms with van der Waals surface area (Å²) in [5, 5.41) is 8.05. The highest BCUT2D eigenvalue weighted by molar-refractivity contribution is 5.93. The van der Waals surface area contributed by atoms with Gasteiger partial charge in [0.2, 0.25) is 0 Å². The molecule has 35 heavy (non-hydrogen) atoms. The summed E-state index contributed by atoms with van der Waals surface area (Å²) < 4.78 is 16.6. The number of para-hydroxylation sites is 2. The maximum Gasteiger partial charge on any atom is 0.273 e. The van der Waals surface area contributed by atoms with Crippen LogP contribution in [0.5, 0.6) is 11.5 Å². The van der Waals surface area contributed by atoms with Crippen molar-refractivity contribution in [3.8, 4) is 22.8 Å². The van der Waals surface area contributed by atoms with Crippen molar-refractivity contribution < 1.29 is 18.8 Å². The molecular formula is C27H24N4O4. The molecule has 8 nitrogen and oxygen atoms in total. The number of H-pyrrole nitrogens is 1. The number of aromatic amines is 1. The summed E-state index contributed by atoms with van der Waals surface area (Å²) in [5.74, 6) is 1.20. The van der Waals surface area contributed by atoms with Crippen LogP contribution in [0.15, 0.2) is 83.8 Å². The van der Waals surface area contributed by atoms with Crippen LogP contribution in [0.2, 0.25) is 0 Å². The van der Waals surface area contributed by atoms with Crippen LogP contribution in [0.1, 0.15) is 27.5 Å². The van der Waals surface area contributed by atoms with E-state index in [1.165, 1.54) is 0 Å². The molecule has 1 unspecified atom stereocenters. The first-order valence-corrected chi connectivity index (χ1v) is 11.1. The van der Waals surface area contributed by atoms with E-state index >= 15 is 0 Å².